The Morgan fingerprint density at radius 2 is 1.92 bits per heavy atom. The smallest absolute Gasteiger partial charge is 0.338 e. The largest absolute Gasteiger partial charge is 0.493 e. The Balaban J connectivity index is 1.96. The van der Waals surface area contributed by atoms with Gasteiger partial charge in [-0.15, -0.1) is 0 Å². The molecule has 0 saturated heterocycles. The molecule has 1 atom stereocenters. The van der Waals surface area contributed by atoms with Crippen LogP contribution in [0.1, 0.15) is 31.0 Å². The number of aromatic nitrogens is 1. The van der Waals surface area contributed by atoms with E-state index in [1.54, 1.807) is 26.2 Å². The molecule has 0 radical (unpaired) electrons. The molecule has 37 heavy (non-hydrogen) atoms. The molecule has 10 heteroatoms. The van der Waals surface area contributed by atoms with Crippen molar-refractivity contribution in [2.24, 2.45) is 4.99 Å². The third-order valence-electron chi connectivity index (χ3n) is 5.74. The predicted octanol–water partition coefficient (Wildman–Crippen LogP) is 3.59. The summed E-state index contributed by atoms with van der Waals surface area (Å²) in [5.74, 6) is 0.380. The number of ether oxygens (including phenoxy) is 4. The highest BCUT2D eigenvalue weighted by molar-refractivity contribution is 9.10. The fourth-order valence-corrected chi connectivity index (χ4v) is 5.40. The van der Waals surface area contributed by atoms with Crippen LogP contribution in [0.5, 0.6) is 11.5 Å². The molecule has 0 amide bonds. The lowest BCUT2D eigenvalue weighted by Gasteiger charge is -2.27. The number of hydrogen-bond donors (Lipinski definition) is 0. The molecule has 0 fully saturated rings. The zero-order valence-corrected chi connectivity index (χ0v) is 23.4. The number of allylic oxidation sites excluding steroid dienone is 1. The zero-order chi connectivity index (χ0) is 26.5. The molecule has 0 unspecified atom stereocenters. The molecule has 4 rings (SSSR count). The maximum Gasteiger partial charge on any atom is 0.338 e. The van der Waals surface area contributed by atoms with Gasteiger partial charge >= 0.3 is 5.97 Å². The van der Waals surface area contributed by atoms with Crippen molar-refractivity contribution < 1.29 is 23.7 Å². The van der Waals surface area contributed by atoms with Gasteiger partial charge in [-0.05, 0) is 43.7 Å². The number of nitrogens with zero attached hydrogens (tertiary/aromatic N) is 2. The number of benzene rings is 2. The van der Waals surface area contributed by atoms with Crippen LogP contribution in [-0.4, -0.2) is 44.6 Å². The van der Waals surface area contributed by atoms with Gasteiger partial charge in [-0.3, -0.25) is 9.36 Å². The molecule has 0 spiro atoms. The van der Waals surface area contributed by atoms with E-state index >= 15 is 0 Å². The quantitative estimate of drug-likeness (QED) is 0.281. The average molecular weight is 587 g/mol. The van der Waals surface area contributed by atoms with Gasteiger partial charge in [0.1, 0.15) is 12.6 Å². The second-order valence-electron chi connectivity index (χ2n) is 8.07. The molecular weight excluding hydrogens is 560 g/mol. The average Bonchev–Trinajstić information content (AvgIpc) is 3.19. The van der Waals surface area contributed by atoms with Gasteiger partial charge in [0.25, 0.3) is 5.56 Å². The van der Waals surface area contributed by atoms with Crippen molar-refractivity contribution in [2.75, 3.05) is 34.0 Å². The summed E-state index contributed by atoms with van der Waals surface area (Å²) in [5.41, 5.74) is 1.93. The minimum atomic E-state index is -0.824. The first-order valence-electron chi connectivity index (χ1n) is 11.6. The van der Waals surface area contributed by atoms with Crippen LogP contribution >= 0.6 is 27.3 Å². The van der Waals surface area contributed by atoms with Crippen LogP contribution in [0.15, 0.2) is 68.0 Å². The van der Waals surface area contributed by atoms with Gasteiger partial charge in [-0.2, -0.15) is 0 Å². The fourth-order valence-electron chi connectivity index (χ4n) is 4.09. The maximum atomic E-state index is 13.8. The third kappa shape index (κ3) is 5.56. The van der Waals surface area contributed by atoms with Crippen molar-refractivity contribution in [3.63, 3.8) is 0 Å². The van der Waals surface area contributed by atoms with Crippen molar-refractivity contribution in [2.45, 2.75) is 19.9 Å². The van der Waals surface area contributed by atoms with Crippen LogP contribution in [0.2, 0.25) is 0 Å². The van der Waals surface area contributed by atoms with Gasteiger partial charge in [0.15, 0.2) is 16.3 Å². The van der Waals surface area contributed by atoms with Gasteiger partial charge < -0.3 is 18.9 Å². The van der Waals surface area contributed by atoms with E-state index in [4.69, 9.17) is 18.9 Å². The van der Waals surface area contributed by atoms with Crippen molar-refractivity contribution in [1.82, 2.24) is 4.57 Å². The van der Waals surface area contributed by atoms with Crippen molar-refractivity contribution in [1.29, 1.82) is 0 Å². The molecule has 0 saturated carbocycles. The first kappa shape index (κ1) is 26.8. The first-order chi connectivity index (χ1) is 17.9. The minimum absolute atomic E-state index is 0.0727. The molecule has 1 aromatic heterocycles. The highest BCUT2D eigenvalue weighted by Gasteiger charge is 2.36. The van der Waals surface area contributed by atoms with Gasteiger partial charge in [0.2, 0.25) is 0 Å². The van der Waals surface area contributed by atoms with E-state index in [0.717, 1.165) is 10.0 Å². The van der Waals surface area contributed by atoms with Crippen molar-refractivity contribution >= 4 is 39.3 Å². The zero-order valence-electron chi connectivity index (χ0n) is 20.9. The number of rotatable bonds is 9. The molecule has 3 aromatic rings. The van der Waals surface area contributed by atoms with Crippen LogP contribution < -0.4 is 24.4 Å². The number of thiazole rings is 1. The summed E-state index contributed by atoms with van der Waals surface area (Å²) in [6.45, 7) is 4.30. The van der Waals surface area contributed by atoms with E-state index < -0.39 is 12.0 Å². The van der Waals surface area contributed by atoms with Gasteiger partial charge in [-0.1, -0.05) is 51.5 Å². The number of carbonyl (C=O) groups is 1. The van der Waals surface area contributed by atoms with Gasteiger partial charge in [0, 0.05) is 17.1 Å². The molecule has 0 bridgehead atoms. The van der Waals surface area contributed by atoms with Crippen molar-refractivity contribution in [3.05, 3.63) is 89.0 Å². The summed E-state index contributed by atoms with van der Waals surface area (Å²) in [5, 5.41) is 0. The normalized spacial score (nSPS) is 15.3. The summed E-state index contributed by atoms with van der Waals surface area (Å²) in [4.78, 5) is 32.3. The highest BCUT2D eigenvalue weighted by Crippen LogP contribution is 2.40. The Morgan fingerprint density at radius 1 is 1.16 bits per heavy atom. The summed E-state index contributed by atoms with van der Waals surface area (Å²) < 4.78 is 25.0. The SMILES string of the molecule is CCOc1c(OC)cccc1[C@H]1C(C(=O)OCCOC)=C(C)N=c2s/c(=C/c3ccc(Br)cc3)c(=O)n21. The molecule has 2 heterocycles. The molecular formula is C27H27BrN2O6S. The van der Waals surface area contributed by atoms with Crippen LogP contribution in [0, 0.1) is 0 Å². The summed E-state index contributed by atoms with van der Waals surface area (Å²) in [7, 11) is 3.08. The molecule has 8 nitrogen and oxygen atoms in total. The maximum absolute atomic E-state index is 13.8. The van der Waals surface area contributed by atoms with Crippen LogP contribution in [0.3, 0.4) is 0 Å². The Hall–Kier alpha value is -3.21. The molecule has 2 aromatic carbocycles. The lowest BCUT2D eigenvalue weighted by atomic mass is 9.94. The van der Waals surface area contributed by atoms with Crippen LogP contribution in [-0.2, 0) is 14.3 Å². The number of carbonyl (C=O) groups excluding carboxylic acids is 1. The fraction of sp³-hybridized carbons (Fsp3) is 0.296. The number of fused-ring (bicyclic) bond motifs is 1. The Morgan fingerprint density at radius 3 is 2.59 bits per heavy atom. The minimum Gasteiger partial charge on any atom is -0.493 e. The number of para-hydroxylation sites is 1. The van der Waals surface area contributed by atoms with E-state index in [9.17, 15) is 9.59 Å². The van der Waals surface area contributed by atoms with E-state index in [1.165, 1.54) is 23.0 Å². The monoisotopic (exact) mass is 586 g/mol. The first-order valence-corrected chi connectivity index (χ1v) is 13.2. The number of halogens is 1. The summed E-state index contributed by atoms with van der Waals surface area (Å²) in [6, 6.07) is 12.2. The van der Waals surface area contributed by atoms with E-state index in [1.807, 2.05) is 43.3 Å². The number of hydrogen-bond acceptors (Lipinski definition) is 8. The molecule has 1 aliphatic heterocycles. The van der Waals surface area contributed by atoms with E-state index in [2.05, 4.69) is 20.9 Å². The Labute approximate surface area is 226 Å². The number of methoxy groups -OCH3 is 2. The Bertz CT molecular complexity index is 1510. The Kier molecular flexibility index (Phi) is 8.63. The molecule has 194 valence electrons. The molecule has 0 N–H and O–H groups in total. The lowest BCUT2D eigenvalue weighted by Crippen LogP contribution is -2.40. The van der Waals surface area contributed by atoms with Crippen LogP contribution in [0.4, 0.5) is 0 Å². The summed E-state index contributed by atoms with van der Waals surface area (Å²) in [6.07, 6.45) is 1.82. The second-order valence-corrected chi connectivity index (χ2v) is 10.00. The predicted molar refractivity (Wildman–Crippen MR) is 145 cm³/mol. The lowest BCUT2D eigenvalue weighted by molar-refractivity contribution is -0.140. The second kappa shape index (κ2) is 11.9. The topological polar surface area (TPSA) is 88.4 Å². The summed E-state index contributed by atoms with van der Waals surface area (Å²) >= 11 is 4.70. The van der Waals surface area contributed by atoms with E-state index in [-0.39, 0.29) is 24.3 Å². The van der Waals surface area contributed by atoms with E-state index in [0.29, 0.717) is 38.7 Å². The molecule has 1 aliphatic rings. The standard InChI is InChI=1S/C27H27BrN2O6S/c1-5-35-24-19(7-6-8-20(24)34-4)23-22(26(32)36-14-13-33-3)16(2)29-27-30(23)25(31)21(37-27)15-17-9-11-18(28)12-10-17/h6-12,15,23H,5,13-14H2,1-4H3/b21-15+/t23-/m0/s1. The highest BCUT2D eigenvalue weighted by atomic mass is 79.9. The molecule has 0 aliphatic carbocycles. The van der Waals surface area contributed by atoms with Gasteiger partial charge in [0.05, 0.1) is 36.1 Å². The number of esters is 1. The van der Waals surface area contributed by atoms with Crippen molar-refractivity contribution in [3.8, 4) is 11.5 Å². The van der Waals surface area contributed by atoms with Gasteiger partial charge in [-0.25, -0.2) is 9.79 Å². The third-order valence-corrected chi connectivity index (χ3v) is 7.25. The van der Waals surface area contributed by atoms with Crippen LogP contribution in [0.25, 0.3) is 6.08 Å².